The molecule has 0 saturated carbocycles. The number of halogens is 2. The Morgan fingerprint density at radius 1 is 0.765 bits per heavy atom. The van der Waals surface area contributed by atoms with E-state index in [0.29, 0.717) is 0 Å². The average molecular weight is 527 g/mol. The van der Waals surface area contributed by atoms with Crippen molar-refractivity contribution in [2.24, 2.45) is 0 Å². The van der Waals surface area contributed by atoms with Crippen LogP contribution in [-0.2, 0) is 22.9 Å². The summed E-state index contributed by atoms with van der Waals surface area (Å²) in [4.78, 5) is 0. The predicted molar refractivity (Wildman–Crippen MR) is 82.8 cm³/mol. The molecule has 3 heteroatoms. The van der Waals surface area contributed by atoms with Gasteiger partial charge >= 0.3 is 105 Å². The van der Waals surface area contributed by atoms with Crippen molar-refractivity contribution in [3.8, 4) is 0 Å². The van der Waals surface area contributed by atoms with Gasteiger partial charge < -0.3 is 0 Å². The number of hydrogen-bond donors (Lipinski definition) is 0. The van der Waals surface area contributed by atoms with Gasteiger partial charge in [-0.1, -0.05) is 0 Å². The molecule has 0 fully saturated rings. The van der Waals surface area contributed by atoms with Gasteiger partial charge in [-0.2, -0.15) is 0 Å². The molecule has 17 heavy (non-hydrogen) atoms. The van der Waals surface area contributed by atoms with Gasteiger partial charge in [0.25, 0.3) is 0 Å². The molecule has 0 aliphatic heterocycles. The summed E-state index contributed by atoms with van der Waals surface area (Å²) in [6, 6.07) is 0. The van der Waals surface area contributed by atoms with E-state index in [1.807, 2.05) is 6.66 Å². The third-order valence-electron chi connectivity index (χ3n) is 3.61. The van der Waals surface area contributed by atoms with E-state index in [2.05, 4.69) is 39.8 Å². The molecule has 0 nitrogen and oxygen atoms in total. The molecule has 0 heterocycles. The minimum absolute atomic E-state index is 0. The van der Waals surface area contributed by atoms with Crippen molar-refractivity contribution < 1.29 is 22.9 Å². The number of allylic oxidation sites excluding steroid dienone is 8. The molecule has 0 bridgehead atoms. The van der Waals surface area contributed by atoms with Crippen LogP contribution in [0.25, 0.3) is 0 Å². The summed E-state index contributed by atoms with van der Waals surface area (Å²) in [7, 11) is 0. The summed E-state index contributed by atoms with van der Waals surface area (Å²) >= 11 is -0.672. The fourth-order valence-electron chi connectivity index (χ4n) is 2.07. The zero-order valence-electron chi connectivity index (χ0n) is 10.9. The zero-order valence-corrected chi connectivity index (χ0v) is 17.9. The van der Waals surface area contributed by atoms with E-state index >= 15 is 0 Å². The average Bonchev–Trinajstić information content (AvgIpc) is 2.68. The molecule has 2 aliphatic carbocycles. The van der Waals surface area contributed by atoms with Gasteiger partial charge in [0.1, 0.15) is 0 Å². The van der Waals surface area contributed by atoms with Crippen LogP contribution >= 0.6 is 34.0 Å². The zero-order chi connectivity index (χ0) is 11.0. The monoisotopic (exact) mass is 526 g/mol. The normalized spacial score (nSPS) is 18.6. The number of rotatable bonds is 2. The van der Waals surface area contributed by atoms with Crippen molar-refractivity contribution in [1.29, 1.82) is 0 Å². The van der Waals surface area contributed by atoms with Crippen LogP contribution < -0.4 is 0 Å². The Kier molecular flexibility index (Phi) is 7.74. The summed E-state index contributed by atoms with van der Waals surface area (Å²) in [5, 5.41) is 0. The first kappa shape index (κ1) is 17.8. The molecule has 0 unspecified atom stereocenters. The second-order valence-corrected chi connectivity index (χ2v) is 9.75. The molecule has 0 atom stereocenters. The fraction of sp³-hybridized carbons (Fsp3) is 0.429. The van der Waals surface area contributed by atoms with Crippen LogP contribution in [0.3, 0.4) is 0 Å². The summed E-state index contributed by atoms with van der Waals surface area (Å²) in [6.45, 7) is 9.13. The first-order valence-corrected chi connectivity index (χ1v) is 9.19. The van der Waals surface area contributed by atoms with Crippen molar-refractivity contribution in [2.75, 3.05) is 0 Å². The molecular weight excluding hydrogens is 506 g/mol. The van der Waals surface area contributed by atoms with Gasteiger partial charge in [0.2, 0.25) is 0 Å². The van der Waals surface area contributed by atoms with Crippen molar-refractivity contribution >= 4 is 34.0 Å². The van der Waals surface area contributed by atoms with Crippen LogP contribution in [0.1, 0.15) is 40.5 Å². The maximum absolute atomic E-state index is 2.41. The van der Waals surface area contributed by atoms with Gasteiger partial charge in [-0.05, 0) is 0 Å². The Hall–Kier alpha value is 0.790. The van der Waals surface area contributed by atoms with E-state index in [9.17, 15) is 0 Å². The Morgan fingerprint density at radius 3 is 1.35 bits per heavy atom. The van der Waals surface area contributed by atoms with Crippen molar-refractivity contribution in [1.82, 2.24) is 0 Å². The summed E-state index contributed by atoms with van der Waals surface area (Å²) in [5.41, 5.74) is 6.28. The first-order valence-electron chi connectivity index (χ1n) is 5.60. The Morgan fingerprint density at radius 2 is 1.12 bits per heavy atom. The number of hydrogen-bond acceptors (Lipinski definition) is 0. The van der Waals surface area contributed by atoms with Crippen LogP contribution in [0, 0.1) is 0 Å². The van der Waals surface area contributed by atoms with Gasteiger partial charge in [-0.15, -0.1) is 34.0 Å². The third-order valence-corrected chi connectivity index (χ3v) is 9.94. The molecule has 0 aromatic carbocycles. The molecule has 0 radical (unpaired) electrons. The van der Waals surface area contributed by atoms with Gasteiger partial charge in [0.15, 0.2) is 0 Å². The second-order valence-electron chi connectivity index (χ2n) is 4.51. The molecule has 2 rings (SSSR count). The van der Waals surface area contributed by atoms with Gasteiger partial charge in [0.05, 0.1) is 0 Å². The fourth-order valence-corrected chi connectivity index (χ4v) is 7.61. The molecule has 94 valence electrons. The molecule has 0 amide bonds. The molecule has 0 spiro atoms. The Bertz CT molecular complexity index is 386. The third kappa shape index (κ3) is 3.87. The van der Waals surface area contributed by atoms with Gasteiger partial charge in [0, 0.05) is 0 Å². The van der Waals surface area contributed by atoms with E-state index in [0.717, 1.165) is 0 Å². The minimum atomic E-state index is -0.672. The molecule has 2 aliphatic rings. The Labute approximate surface area is 137 Å². The van der Waals surface area contributed by atoms with Crippen LogP contribution in [0.5, 0.6) is 0 Å². The maximum atomic E-state index is 2.41. The van der Waals surface area contributed by atoms with E-state index in [4.69, 9.17) is 0 Å². The first-order chi connectivity index (χ1) is 7.09. The molecule has 0 N–H and O–H groups in total. The van der Waals surface area contributed by atoms with Gasteiger partial charge in [-0.3, -0.25) is 0 Å². The standard InChI is InChI=1S/2C7H9.2BrH.Hf/c2*1-6-4-3-5-7(6)2;;;/h2*4H,3H2,1-2H3;2*1H;. The van der Waals surface area contributed by atoms with Crippen LogP contribution in [-0.4, -0.2) is 0 Å². The molecular formula is C14H20Br2Hf. The summed E-state index contributed by atoms with van der Waals surface area (Å²) in [6.07, 6.45) is 7.33. The quantitative estimate of drug-likeness (QED) is 0.419. The van der Waals surface area contributed by atoms with Gasteiger partial charge in [-0.25, -0.2) is 0 Å². The second kappa shape index (κ2) is 7.40. The topological polar surface area (TPSA) is 0 Å². The van der Waals surface area contributed by atoms with E-state index in [1.165, 1.54) is 24.0 Å². The van der Waals surface area contributed by atoms with Crippen molar-refractivity contribution in [3.05, 3.63) is 41.1 Å². The Balaban J connectivity index is 0.00000128. The van der Waals surface area contributed by atoms with Crippen molar-refractivity contribution in [2.45, 2.75) is 40.5 Å². The van der Waals surface area contributed by atoms with E-state index in [1.54, 1.807) is 11.1 Å². The van der Waals surface area contributed by atoms with Crippen LogP contribution in [0.4, 0.5) is 0 Å². The molecule has 0 saturated heterocycles. The predicted octanol–water partition coefficient (Wildman–Crippen LogP) is 5.47. The summed E-state index contributed by atoms with van der Waals surface area (Å²) in [5.74, 6) is 0. The summed E-state index contributed by atoms with van der Waals surface area (Å²) < 4.78 is 3.65. The molecule has 0 aromatic rings. The van der Waals surface area contributed by atoms with E-state index in [-0.39, 0.29) is 34.0 Å². The van der Waals surface area contributed by atoms with E-state index < -0.39 is 22.9 Å². The van der Waals surface area contributed by atoms with Crippen molar-refractivity contribution in [3.63, 3.8) is 0 Å². The molecule has 0 aromatic heterocycles. The van der Waals surface area contributed by atoms with Crippen LogP contribution in [0.15, 0.2) is 41.1 Å². The van der Waals surface area contributed by atoms with Crippen LogP contribution in [0.2, 0.25) is 0 Å². The SMILES string of the molecule is Br.Br.CC1=CC[C]([Hf][C]2=C(C)C(C)=CC2)=C1C.